The second-order valence-corrected chi connectivity index (χ2v) is 5.21. The zero-order chi connectivity index (χ0) is 15.2. The predicted molar refractivity (Wildman–Crippen MR) is 81.4 cm³/mol. The fourth-order valence-corrected chi connectivity index (χ4v) is 2.41. The fourth-order valence-electron chi connectivity index (χ4n) is 1.90. The standard InChI is InChI=1S/C16H14BrFO3/c1-2-20-15-5-3-4-12(9-19)16(15)21-10-11-6-13(17)8-14(18)7-11/h3-9H,2,10H2,1H3. The van der Waals surface area contributed by atoms with Crippen LogP contribution in [-0.4, -0.2) is 12.9 Å². The van der Waals surface area contributed by atoms with Crippen LogP contribution in [0.3, 0.4) is 0 Å². The molecule has 0 fully saturated rings. The molecule has 2 aromatic carbocycles. The molecule has 0 atom stereocenters. The van der Waals surface area contributed by atoms with Crippen molar-refractivity contribution in [3.63, 3.8) is 0 Å². The highest BCUT2D eigenvalue weighted by Gasteiger charge is 2.11. The molecule has 0 aliphatic heterocycles. The molecule has 0 saturated carbocycles. The van der Waals surface area contributed by atoms with Crippen LogP contribution in [0.25, 0.3) is 0 Å². The van der Waals surface area contributed by atoms with Crippen molar-refractivity contribution >= 4 is 22.2 Å². The normalized spacial score (nSPS) is 10.2. The van der Waals surface area contributed by atoms with Gasteiger partial charge in [0.15, 0.2) is 17.8 Å². The molecule has 0 heterocycles. The molecule has 0 spiro atoms. The molecule has 0 N–H and O–H groups in total. The zero-order valence-corrected chi connectivity index (χ0v) is 13.0. The Morgan fingerprint density at radius 1 is 1.24 bits per heavy atom. The van der Waals surface area contributed by atoms with Gasteiger partial charge in [0, 0.05) is 4.47 Å². The number of aldehydes is 1. The molecule has 0 aromatic heterocycles. The van der Waals surface area contributed by atoms with Gasteiger partial charge in [0.2, 0.25) is 0 Å². The van der Waals surface area contributed by atoms with E-state index in [1.165, 1.54) is 12.1 Å². The lowest BCUT2D eigenvalue weighted by Gasteiger charge is -2.13. The molecule has 21 heavy (non-hydrogen) atoms. The maximum Gasteiger partial charge on any atom is 0.172 e. The van der Waals surface area contributed by atoms with Crippen LogP contribution >= 0.6 is 15.9 Å². The van der Waals surface area contributed by atoms with E-state index < -0.39 is 0 Å². The van der Waals surface area contributed by atoms with Gasteiger partial charge < -0.3 is 9.47 Å². The molecule has 0 aliphatic carbocycles. The lowest BCUT2D eigenvalue weighted by molar-refractivity contribution is 0.111. The number of hydrogen-bond acceptors (Lipinski definition) is 3. The summed E-state index contributed by atoms with van der Waals surface area (Å²) in [5, 5.41) is 0. The highest BCUT2D eigenvalue weighted by atomic mass is 79.9. The van der Waals surface area contributed by atoms with Gasteiger partial charge in [-0.05, 0) is 42.8 Å². The average molecular weight is 353 g/mol. The molecular weight excluding hydrogens is 339 g/mol. The van der Waals surface area contributed by atoms with Crippen molar-refractivity contribution in [1.29, 1.82) is 0 Å². The summed E-state index contributed by atoms with van der Waals surface area (Å²) in [6, 6.07) is 9.61. The van der Waals surface area contributed by atoms with Gasteiger partial charge in [-0.3, -0.25) is 4.79 Å². The second kappa shape index (κ2) is 7.22. The molecular formula is C16H14BrFO3. The van der Waals surface area contributed by atoms with Gasteiger partial charge in [0.1, 0.15) is 12.4 Å². The summed E-state index contributed by atoms with van der Waals surface area (Å²) in [7, 11) is 0. The zero-order valence-electron chi connectivity index (χ0n) is 11.4. The van der Waals surface area contributed by atoms with E-state index in [4.69, 9.17) is 9.47 Å². The number of rotatable bonds is 6. The minimum atomic E-state index is -0.350. The van der Waals surface area contributed by atoms with Crippen molar-refractivity contribution in [3.8, 4) is 11.5 Å². The summed E-state index contributed by atoms with van der Waals surface area (Å²) in [6.07, 6.45) is 0.708. The first-order chi connectivity index (χ1) is 10.1. The number of carbonyl (C=O) groups excluding carboxylic acids is 1. The summed E-state index contributed by atoms with van der Waals surface area (Å²) >= 11 is 3.23. The van der Waals surface area contributed by atoms with E-state index in [-0.39, 0.29) is 12.4 Å². The van der Waals surface area contributed by atoms with E-state index >= 15 is 0 Å². The number of halogens is 2. The van der Waals surface area contributed by atoms with Crippen molar-refractivity contribution in [2.24, 2.45) is 0 Å². The molecule has 110 valence electrons. The quantitative estimate of drug-likeness (QED) is 0.723. The van der Waals surface area contributed by atoms with Crippen LogP contribution in [0.5, 0.6) is 11.5 Å². The van der Waals surface area contributed by atoms with Crippen LogP contribution in [0, 0.1) is 5.82 Å². The van der Waals surface area contributed by atoms with Crippen molar-refractivity contribution in [2.75, 3.05) is 6.61 Å². The highest BCUT2D eigenvalue weighted by Crippen LogP contribution is 2.31. The summed E-state index contributed by atoms with van der Waals surface area (Å²) in [6.45, 7) is 2.45. The average Bonchev–Trinajstić information content (AvgIpc) is 2.45. The van der Waals surface area contributed by atoms with Gasteiger partial charge in [-0.1, -0.05) is 22.0 Å². The van der Waals surface area contributed by atoms with Gasteiger partial charge >= 0.3 is 0 Å². The first kappa shape index (κ1) is 15.5. The van der Waals surface area contributed by atoms with Gasteiger partial charge in [-0.25, -0.2) is 4.39 Å². The minimum Gasteiger partial charge on any atom is -0.490 e. The van der Waals surface area contributed by atoms with Gasteiger partial charge in [-0.15, -0.1) is 0 Å². The topological polar surface area (TPSA) is 35.5 Å². The number of ether oxygens (including phenoxy) is 2. The summed E-state index contributed by atoms with van der Waals surface area (Å²) in [5.41, 5.74) is 1.06. The van der Waals surface area contributed by atoms with E-state index in [1.807, 2.05) is 6.92 Å². The Kier molecular flexibility index (Phi) is 5.33. The van der Waals surface area contributed by atoms with Crippen LogP contribution in [0.2, 0.25) is 0 Å². The van der Waals surface area contributed by atoms with Crippen molar-refractivity contribution in [2.45, 2.75) is 13.5 Å². The molecule has 2 rings (SSSR count). The summed E-state index contributed by atoms with van der Waals surface area (Å²) in [5.74, 6) is 0.518. The lowest BCUT2D eigenvalue weighted by Crippen LogP contribution is -2.02. The Balaban J connectivity index is 2.24. The van der Waals surface area contributed by atoms with Crippen molar-refractivity contribution < 1.29 is 18.7 Å². The Hall–Kier alpha value is -1.88. The smallest absolute Gasteiger partial charge is 0.172 e. The van der Waals surface area contributed by atoms with Crippen LogP contribution in [0.4, 0.5) is 4.39 Å². The molecule has 0 amide bonds. The van der Waals surface area contributed by atoms with E-state index in [2.05, 4.69) is 15.9 Å². The fraction of sp³-hybridized carbons (Fsp3) is 0.188. The van der Waals surface area contributed by atoms with Crippen molar-refractivity contribution in [1.82, 2.24) is 0 Å². The first-order valence-corrected chi connectivity index (χ1v) is 7.22. The summed E-state index contributed by atoms with van der Waals surface area (Å²) in [4.78, 5) is 11.1. The van der Waals surface area contributed by atoms with Gasteiger partial charge in [0.05, 0.1) is 12.2 Å². The Bertz CT molecular complexity index is 623. The molecule has 5 heteroatoms. The molecule has 0 saturated heterocycles. The van der Waals surface area contributed by atoms with Crippen LogP contribution in [0.15, 0.2) is 40.9 Å². The summed E-state index contributed by atoms with van der Waals surface area (Å²) < 4.78 is 25.1. The van der Waals surface area contributed by atoms with E-state index in [0.29, 0.717) is 40.0 Å². The van der Waals surface area contributed by atoms with Crippen LogP contribution < -0.4 is 9.47 Å². The Labute approximate surface area is 130 Å². The SMILES string of the molecule is CCOc1cccc(C=O)c1OCc1cc(F)cc(Br)c1. The molecule has 0 unspecified atom stereocenters. The van der Waals surface area contributed by atoms with Crippen LogP contribution in [0.1, 0.15) is 22.8 Å². The molecule has 2 aromatic rings. The van der Waals surface area contributed by atoms with Crippen LogP contribution in [-0.2, 0) is 6.61 Å². The van der Waals surface area contributed by atoms with E-state index in [1.54, 1.807) is 24.3 Å². The lowest BCUT2D eigenvalue weighted by atomic mass is 10.2. The monoisotopic (exact) mass is 352 g/mol. The number of para-hydroxylation sites is 1. The van der Waals surface area contributed by atoms with E-state index in [9.17, 15) is 9.18 Å². The second-order valence-electron chi connectivity index (χ2n) is 4.29. The van der Waals surface area contributed by atoms with Gasteiger partial charge in [-0.2, -0.15) is 0 Å². The van der Waals surface area contributed by atoms with E-state index in [0.717, 1.165) is 0 Å². The third kappa shape index (κ3) is 4.04. The Morgan fingerprint density at radius 3 is 2.71 bits per heavy atom. The first-order valence-electron chi connectivity index (χ1n) is 6.42. The minimum absolute atomic E-state index is 0.140. The number of carbonyl (C=O) groups is 1. The Morgan fingerprint density at radius 2 is 2.05 bits per heavy atom. The maximum absolute atomic E-state index is 13.3. The predicted octanol–water partition coefficient (Wildman–Crippen LogP) is 4.38. The largest absolute Gasteiger partial charge is 0.490 e. The number of hydrogen-bond donors (Lipinski definition) is 0. The highest BCUT2D eigenvalue weighted by molar-refractivity contribution is 9.10. The molecule has 3 nitrogen and oxygen atoms in total. The van der Waals surface area contributed by atoms with Gasteiger partial charge in [0.25, 0.3) is 0 Å². The van der Waals surface area contributed by atoms with Crippen molar-refractivity contribution in [3.05, 3.63) is 57.8 Å². The third-order valence-corrected chi connectivity index (χ3v) is 3.20. The maximum atomic E-state index is 13.3. The molecule has 0 bridgehead atoms. The molecule has 0 radical (unpaired) electrons. The third-order valence-electron chi connectivity index (χ3n) is 2.74. The molecule has 0 aliphatic rings. The number of benzene rings is 2.